The molecule has 1 aromatic heterocycles. The first kappa shape index (κ1) is 15.3. The van der Waals surface area contributed by atoms with Gasteiger partial charge in [-0.15, -0.1) is 11.3 Å². The van der Waals surface area contributed by atoms with Crippen LogP contribution in [0.3, 0.4) is 0 Å². The number of carbonyl (C=O) groups is 2. The Morgan fingerprint density at radius 1 is 1.43 bits per heavy atom. The van der Waals surface area contributed by atoms with Crippen LogP contribution in [-0.4, -0.2) is 22.1 Å². The molecule has 0 spiro atoms. The second kappa shape index (κ2) is 6.55. The van der Waals surface area contributed by atoms with Crippen LogP contribution in [0.25, 0.3) is 0 Å². The minimum Gasteiger partial charge on any atom is -0.478 e. The summed E-state index contributed by atoms with van der Waals surface area (Å²) in [5.41, 5.74) is -0.00458. The number of aromatic carboxylic acids is 1. The number of benzene rings is 1. The van der Waals surface area contributed by atoms with E-state index in [4.69, 9.17) is 16.7 Å². The SMILES string of the molecule is CC(NC(=O)Nc1cccc(Cl)c1C(=O)O)c1nccs1. The van der Waals surface area contributed by atoms with E-state index in [2.05, 4.69) is 15.6 Å². The van der Waals surface area contributed by atoms with Gasteiger partial charge in [0.05, 0.1) is 16.8 Å². The van der Waals surface area contributed by atoms with E-state index in [0.29, 0.717) is 0 Å². The van der Waals surface area contributed by atoms with Gasteiger partial charge in [0.1, 0.15) is 10.6 Å². The van der Waals surface area contributed by atoms with Crippen molar-refractivity contribution in [2.75, 3.05) is 5.32 Å². The molecule has 110 valence electrons. The van der Waals surface area contributed by atoms with E-state index < -0.39 is 12.0 Å². The van der Waals surface area contributed by atoms with Gasteiger partial charge in [-0.1, -0.05) is 17.7 Å². The first-order chi connectivity index (χ1) is 9.99. The zero-order chi connectivity index (χ0) is 15.4. The number of carboxylic acid groups (broad SMARTS) is 1. The Morgan fingerprint density at radius 3 is 2.81 bits per heavy atom. The Morgan fingerprint density at radius 2 is 2.19 bits per heavy atom. The van der Waals surface area contributed by atoms with Crippen LogP contribution >= 0.6 is 22.9 Å². The van der Waals surface area contributed by atoms with Gasteiger partial charge >= 0.3 is 12.0 Å². The van der Waals surface area contributed by atoms with Crippen molar-refractivity contribution in [1.82, 2.24) is 10.3 Å². The van der Waals surface area contributed by atoms with Gasteiger partial charge in [-0.25, -0.2) is 14.6 Å². The summed E-state index contributed by atoms with van der Waals surface area (Å²) in [6.45, 7) is 1.79. The number of halogens is 1. The third-order valence-corrected chi connectivity index (χ3v) is 3.92. The van der Waals surface area contributed by atoms with E-state index in [1.54, 1.807) is 19.2 Å². The second-order valence-electron chi connectivity index (χ2n) is 4.16. The van der Waals surface area contributed by atoms with Crippen molar-refractivity contribution in [2.24, 2.45) is 0 Å². The van der Waals surface area contributed by atoms with Crippen molar-refractivity contribution in [3.8, 4) is 0 Å². The van der Waals surface area contributed by atoms with Crippen LogP contribution in [0.15, 0.2) is 29.8 Å². The van der Waals surface area contributed by atoms with Crippen molar-refractivity contribution >= 4 is 40.6 Å². The first-order valence-electron chi connectivity index (χ1n) is 5.97. The lowest BCUT2D eigenvalue weighted by molar-refractivity contribution is 0.0698. The zero-order valence-corrected chi connectivity index (χ0v) is 12.5. The maximum absolute atomic E-state index is 11.9. The average Bonchev–Trinajstić information content (AvgIpc) is 2.91. The van der Waals surface area contributed by atoms with E-state index in [1.165, 1.54) is 23.5 Å². The fourth-order valence-electron chi connectivity index (χ4n) is 1.71. The molecule has 0 saturated carbocycles. The third kappa shape index (κ3) is 3.71. The summed E-state index contributed by atoms with van der Waals surface area (Å²) in [7, 11) is 0. The molecular formula is C13H12ClN3O3S. The van der Waals surface area contributed by atoms with Crippen molar-refractivity contribution < 1.29 is 14.7 Å². The molecule has 1 heterocycles. The highest BCUT2D eigenvalue weighted by Gasteiger charge is 2.17. The Labute approximate surface area is 129 Å². The monoisotopic (exact) mass is 325 g/mol. The smallest absolute Gasteiger partial charge is 0.339 e. The van der Waals surface area contributed by atoms with Crippen LogP contribution < -0.4 is 10.6 Å². The van der Waals surface area contributed by atoms with Gasteiger partial charge in [0.25, 0.3) is 0 Å². The van der Waals surface area contributed by atoms with Gasteiger partial charge in [-0.3, -0.25) is 0 Å². The molecule has 2 rings (SSSR count). The van der Waals surface area contributed by atoms with Gasteiger partial charge in [-0.05, 0) is 19.1 Å². The van der Waals surface area contributed by atoms with Crippen molar-refractivity contribution in [1.29, 1.82) is 0 Å². The molecule has 6 nitrogen and oxygen atoms in total. The Hall–Kier alpha value is -2.12. The lowest BCUT2D eigenvalue weighted by Gasteiger charge is -2.14. The van der Waals surface area contributed by atoms with Gasteiger partial charge in [-0.2, -0.15) is 0 Å². The third-order valence-electron chi connectivity index (χ3n) is 2.65. The van der Waals surface area contributed by atoms with Crippen molar-refractivity contribution in [3.05, 3.63) is 45.4 Å². The predicted molar refractivity (Wildman–Crippen MR) is 81.1 cm³/mol. The molecule has 21 heavy (non-hydrogen) atoms. The van der Waals surface area contributed by atoms with Gasteiger partial charge in [0.15, 0.2) is 0 Å². The highest BCUT2D eigenvalue weighted by atomic mass is 35.5. The standard InChI is InChI=1S/C13H12ClN3O3S/c1-7(11-15-5-6-21-11)16-13(20)17-9-4-2-3-8(14)10(9)12(18)19/h2-7H,1H3,(H,18,19)(H2,16,17,20). The number of carboxylic acids is 1. The summed E-state index contributed by atoms with van der Waals surface area (Å²) in [6.07, 6.45) is 1.65. The predicted octanol–water partition coefficient (Wildman–Crippen LogP) is 3.38. The highest BCUT2D eigenvalue weighted by Crippen LogP contribution is 2.24. The molecule has 0 aliphatic rings. The molecule has 0 radical (unpaired) electrons. The summed E-state index contributed by atoms with van der Waals surface area (Å²) in [5, 5.41) is 16.9. The van der Waals surface area contributed by atoms with Crippen LogP contribution in [0, 0.1) is 0 Å². The van der Waals surface area contributed by atoms with E-state index in [9.17, 15) is 9.59 Å². The van der Waals surface area contributed by atoms with Gasteiger partial charge in [0, 0.05) is 11.6 Å². The number of amides is 2. The zero-order valence-electron chi connectivity index (χ0n) is 11.0. The number of nitrogens with zero attached hydrogens (tertiary/aromatic N) is 1. The Bertz CT molecular complexity index is 661. The summed E-state index contributed by atoms with van der Waals surface area (Å²) in [4.78, 5) is 27.2. The number of anilines is 1. The average molecular weight is 326 g/mol. The van der Waals surface area contributed by atoms with Crippen molar-refractivity contribution in [2.45, 2.75) is 13.0 Å². The quantitative estimate of drug-likeness (QED) is 0.803. The van der Waals surface area contributed by atoms with Crippen LogP contribution in [0.1, 0.15) is 28.3 Å². The molecule has 1 unspecified atom stereocenters. The minimum atomic E-state index is -1.20. The molecule has 8 heteroatoms. The number of thiazole rings is 1. The molecule has 1 aromatic carbocycles. The van der Waals surface area contributed by atoms with E-state index >= 15 is 0 Å². The molecule has 2 aromatic rings. The molecular weight excluding hydrogens is 314 g/mol. The molecule has 2 amide bonds. The van der Waals surface area contributed by atoms with E-state index in [1.807, 2.05) is 5.38 Å². The maximum Gasteiger partial charge on any atom is 0.339 e. The summed E-state index contributed by atoms with van der Waals surface area (Å²) in [6, 6.07) is 3.68. The number of carbonyl (C=O) groups excluding carboxylic acids is 1. The molecule has 0 saturated heterocycles. The fraction of sp³-hybridized carbons (Fsp3) is 0.154. The molecule has 0 aliphatic heterocycles. The fourth-order valence-corrected chi connectivity index (χ4v) is 2.61. The van der Waals surface area contributed by atoms with Crippen LogP contribution in [-0.2, 0) is 0 Å². The summed E-state index contributed by atoms with van der Waals surface area (Å²) >= 11 is 7.25. The van der Waals surface area contributed by atoms with E-state index in [0.717, 1.165) is 5.01 Å². The number of rotatable bonds is 4. The molecule has 1 atom stereocenters. The Kier molecular flexibility index (Phi) is 4.77. The van der Waals surface area contributed by atoms with Gasteiger partial charge in [0.2, 0.25) is 0 Å². The summed E-state index contributed by atoms with van der Waals surface area (Å²) < 4.78 is 0. The van der Waals surface area contributed by atoms with Crippen molar-refractivity contribution in [3.63, 3.8) is 0 Å². The van der Waals surface area contributed by atoms with Crippen LogP contribution in [0.2, 0.25) is 5.02 Å². The number of urea groups is 1. The van der Waals surface area contributed by atoms with Crippen LogP contribution in [0.4, 0.5) is 10.5 Å². The normalized spacial score (nSPS) is 11.7. The number of hydrogen-bond donors (Lipinski definition) is 3. The number of nitrogens with one attached hydrogen (secondary N) is 2. The minimum absolute atomic E-state index is 0.0632. The largest absolute Gasteiger partial charge is 0.478 e. The lowest BCUT2D eigenvalue weighted by Crippen LogP contribution is -2.31. The maximum atomic E-state index is 11.9. The van der Waals surface area contributed by atoms with E-state index in [-0.39, 0.29) is 22.3 Å². The summed E-state index contributed by atoms with van der Waals surface area (Å²) in [5.74, 6) is -1.20. The lowest BCUT2D eigenvalue weighted by atomic mass is 10.2. The number of aromatic nitrogens is 1. The molecule has 0 bridgehead atoms. The number of hydrogen-bond acceptors (Lipinski definition) is 4. The first-order valence-corrected chi connectivity index (χ1v) is 7.23. The molecule has 0 fully saturated rings. The van der Waals surface area contributed by atoms with Crippen LogP contribution in [0.5, 0.6) is 0 Å². The Balaban J connectivity index is 2.10. The topological polar surface area (TPSA) is 91.3 Å². The molecule has 0 aliphatic carbocycles. The van der Waals surface area contributed by atoms with Gasteiger partial charge < -0.3 is 15.7 Å². The second-order valence-corrected chi connectivity index (χ2v) is 5.49. The molecule has 3 N–H and O–H groups in total. The highest BCUT2D eigenvalue weighted by molar-refractivity contribution is 7.09.